The molecule has 0 aliphatic rings. The van der Waals surface area contributed by atoms with Gasteiger partial charge in [0.25, 0.3) is 15.7 Å². The number of nitrogens with one attached hydrogen (secondary N) is 1. The SMILES string of the molecule is O=[N+]([O-])c1cc(S(=O)(=O)NCc2ccc(COCC(F)(F)F)cc2)sc1Cl. The van der Waals surface area contributed by atoms with Crippen LogP contribution in [0.15, 0.2) is 34.5 Å². The van der Waals surface area contributed by atoms with E-state index in [0.29, 0.717) is 22.5 Å². The van der Waals surface area contributed by atoms with E-state index in [1.165, 1.54) is 24.3 Å². The second-order valence-corrected chi connectivity index (χ2v) is 8.88. The topological polar surface area (TPSA) is 98.5 Å². The van der Waals surface area contributed by atoms with Crippen molar-refractivity contribution in [3.63, 3.8) is 0 Å². The molecule has 27 heavy (non-hydrogen) atoms. The minimum atomic E-state index is -4.40. The first-order valence-electron chi connectivity index (χ1n) is 7.13. The van der Waals surface area contributed by atoms with E-state index in [1.807, 2.05) is 0 Å². The van der Waals surface area contributed by atoms with E-state index in [2.05, 4.69) is 9.46 Å². The highest BCUT2D eigenvalue weighted by molar-refractivity contribution is 7.91. The van der Waals surface area contributed by atoms with Crippen LogP contribution >= 0.6 is 22.9 Å². The van der Waals surface area contributed by atoms with E-state index in [4.69, 9.17) is 11.6 Å². The van der Waals surface area contributed by atoms with E-state index in [0.717, 1.165) is 6.07 Å². The Labute approximate surface area is 160 Å². The molecular formula is C14H12ClF3N2O5S2. The number of thiophene rings is 1. The minimum absolute atomic E-state index is 0.116. The van der Waals surface area contributed by atoms with Gasteiger partial charge in [-0.15, -0.1) is 11.3 Å². The minimum Gasteiger partial charge on any atom is -0.367 e. The van der Waals surface area contributed by atoms with Crippen LogP contribution in [-0.2, 0) is 27.9 Å². The maximum absolute atomic E-state index is 12.2. The zero-order valence-corrected chi connectivity index (χ0v) is 15.7. The first kappa shape index (κ1) is 21.6. The van der Waals surface area contributed by atoms with Crippen LogP contribution in [0.5, 0.6) is 0 Å². The molecule has 0 saturated carbocycles. The Morgan fingerprint density at radius 3 is 2.33 bits per heavy atom. The summed E-state index contributed by atoms with van der Waals surface area (Å²) in [7, 11) is -4.00. The van der Waals surface area contributed by atoms with Gasteiger partial charge in [-0.25, -0.2) is 13.1 Å². The average molecular weight is 445 g/mol. The predicted octanol–water partition coefficient (Wildman–Crippen LogP) is 3.87. The smallest absolute Gasteiger partial charge is 0.367 e. The van der Waals surface area contributed by atoms with Gasteiger partial charge in [-0.2, -0.15) is 13.2 Å². The van der Waals surface area contributed by atoms with E-state index in [1.54, 1.807) is 0 Å². The highest BCUT2D eigenvalue weighted by atomic mass is 35.5. The third-order valence-corrected chi connectivity index (χ3v) is 6.34. The van der Waals surface area contributed by atoms with Crippen molar-refractivity contribution in [3.05, 3.63) is 55.9 Å². The maximum atomic E-state index is 12.2. The van der Waals surface area contributed by atoms with Gasteiger partial charge < -0.3 is 4.74 Å². The van der Waals surface area contributed by atoms with Crippen LogP contribution < -0.4 is 4.72 Å². The molecule has 1 aromatic carbocycles. The summed E-state index contributed by atoms with van der Waals surface area (Å²) < 4.78 is 66.7. The lowest BCUT2D eigenvalue weighted by Crippen LogP contribution is -2.22. The molecule has 7 nitrogen and oxygen atoms in total. The molecule has 148 valence electrons. The van der Waals surface area contributed by atoms with E-state index < -0.39 is 33.4 Å². The van der Waals surface area contributed by atoms with Gasteiger partial charge in [0.2, 0.25) is 0 Å². The molecule has 0 amide bonds. The summed E-state index contributed by atoms with van der Waals surface area (Å²) in [5, 5.41) is 10.7. The molecule has 0 atom stereocenters. The zero-order valence-electron chi connectivity index (χ0n) is 13.3. The van der Waals surface area contributed by atoms with Crippen molar-refractivity contribution in [1.29, 1.82) is 0 Å². The van der Waals surface area contributed by atoms with Crippen LogP contribution in [0.4, 0.5) is 18.9 Å². The van der Waals surface area contributed by atoms with E-state index in [-0.39, 0.29) is 21.7 Å². The third kappa shape index (κ3) is 6.43. The Balaban J connectivity index is 1.95. The van der Waals surface area contributed by atoms with E-state index >= 15 is 0 Å². The second kappa shape index (κ2) is 8.52. The number of rotatable bonds is 8. The van der Waals surface area contributed by atoms with Gasteiger partial charge in [0.15, 0.2) is 4.34 Å². The summed E-state index contributed by atoms with van der Waals surface area (Å²) in [5.74, 6) is 0. The molecule has 0 bridgehead atoms. The fourth-order valence-electron chi connectivity index (χ4n) is 1.88. The van der Waals surface area contributed by atoms with Gasteiger partial charge in [-0.05, 0) is 11.1 Å². The monoisotopic (exact) mass is 444 g/mol. The lowest BCUT2D eigenvalue weighted by atomic mass is 10.1. The predicted molar refractivity (Wildman–Crippen MR) is 92.2 cm³/mol. The number of nitro groups is 1. The molecule has 1 heterocycles. The first-order chi connectivity index (χ1) is 12.5. The molecule has 13 heteroatoms. The number of halogens is 4. The van der Waals surface area contributed by atoms with Crippen LogP contribution in [0, 0.1) is 10.1 Å². The zero-order chi connectivity index (χ0) is 20.2. The Kier molecular flexibility index (Phi) is 6.81. The number of sulfonamides is 1. The fraction of sp³-hybridized carbons (Fsp3) is 0.286. The number of nitrogens with zero attached hydrogens (tertiary/aromatic N) is 1. The standard InChI is InChI=1S/C14H12ClF3N2O5S2/c15-13-11(20(21)22)5-12(26-13)27(23,24)19-6-9-1-3-10(4-2-9)7-25-8-14(16,17)18/h1-5,19H,6-8H2. The highest BCUT2D eigenvalue weighted by Crippen LogP contribution is 2.36. The van der Waals surface area contributed by atoms with Gasteiger partial charge >= 0.3 is 6.18 Å². The van der Waals surface area contributed by atoms with Gasteiger partial charge in [0, 0.05) is 12.6 Å². The molecule has 0 spiro atoms. The summed E-state index contributed by atoms with van der Waals surface area (Å²) in [6.45, 7) is -1.71. The van der Waals surface area contributed by atoms with Gasteiger partial charge in [-0.3, -0.25) is 10.1 Å². The number of ether oxygens (including phenoxy) is 1. The lowest BCUT2D eigenvalue weighted by Gasteiger charge is -2.08. The number of hydrogen-bond donors (Lipinski definition) is 1. The van der Waals surface area contributed by atoms with Crippen molar-refractivity contribution in [3.8, 4) is 0 Å². The largest absolute Gasteiger partial charge is 0.411 e. The molecular weight excluding hydrogens is 433 g/mol. The Hall–Kier alpha value is -1.73. The summed E-state index contributed by atoms with van der Waals surface area (Å²) in [4.78, 5) is 9.96. The van der Waals surface area contributed by atoms with Crippen LogP contribution in [0.3, 0.4) is 0 Å². The summed E-state index contributed by atoms with van der Waals surface area (Å²) >= 11 is 6.22. The van der Waals surface area contributed by atoms with Crippen LogP contribution in [0.2, 0.25) is 4.34 Å². The number of hydrogen-bond acceptors (Lipinski definition) is 6. The van der Waals surface area contributed by atoms with Crippen LogP contribution in [-0.4, -0.2) is 26.1 Å². The molecule has 1 aromatic heterocycles. The summed E-state index contributed by atoms with van der Waals surface area (Å²) in [6.07, 6.45) is -4.40. The molecule has 0 radical (unpaired) electrons. The molecule has 1 N–H and O–H groups in total. The molecule has 2 rings (SSSR count). The molecule has 0 saturated heterocycles. The molecule has 0 aliphatic carbocycles. The molecule has 0 aliphatic heterocycles. The van der Waals surface area contributed by atoms with Crippen molar-refractivity contribution in [2.75, 3.05) is 6.61 Å². The van der Waals surface area contributed by atoms with Crippen molar-refractivity contribution < 1.29 is 31.2 Å². The van der Waals surface area contributed by atoms with Crippen LogP contribution in [0.25, 0.3) is 0 Å². The normalized spacial score (nSPS) is 12.3. The quantitative estimate of drug-likeness (QED) is 0.492. The van der Waals surface area contributed by atoms with Crippen molar-refractivity contribution in [1.82, 2.24) is 4.72 Å². The second-order valence-electron chi connectivity index (χ2n) is 5.23. The number of alkyl halides is 3. The first-order valence-corrected chi connectivity index (χ1v) is 9.81. The van der Waals surface area contributed by atoms with Crippen molar-refractivity contribution >= 4 is 38.6 Å². The average Bonchev–Trinajstić information content (AvgIpc) is 2.96. The third-order valence-electron chi connectivity index (χ3n) is 3.13. The Morgan fingerprint density at radius 1 is 1.22 bits per heavy atom. The highest BCUT2D eigenvalue weighted by Gasteiger charge is 2.27. The van der Waals surface area contributed by atoms with Gasteiger partial charge in [0.05, 0.1) is 11.5 Å². The van der Waals surface area contributed by atoms with E-state index in [9.17, 15) is 31.7 Å². The molecule has 2 aromatic rings. The fourth-order valence-corrected chi connectivity index (χ4v) is 4.61. The molecule has 0 fully saturated rings. The van der Waals surface area contributed by atoms with Crippen LogP contribution in [0.1, 0.15) is 11.1 Å². The summed E-state index contributed by atoms with van der Waals surface area (Å²) in [6, 6.07) is 6.94. The van der Waals surface area contributed by atoms with Gasteiger partial charge in [0.1, 0.15) is 10.8 Å². The number of benzene rings is 1. The molecule has 0 unspecified atom stereocenters. The Bertz CT molecular complexity index is 914. The summed E-state index contributed by atoms with van der Waals surface area (Å²) in [5.41, 5.74) is 0.534. The van der Waals surface area contributed by atoms with Gasteiger partial charge in [-0.1, -0.05) is 35.9 Å². The Morgan fingerprint density at radius 2 is 1.81 bits per heavy atom. The van der Waals surface area contributed by atoms with Crippen molar-refractivity contribution in [2.45, 2.75) is 23.5 Å². The lowest BCUT2D eigenvalue weighted by molar-refractivity contribution is -0.384. The van der Waals surface area contributed by atoms with Crippen molar-refractivity contribution in [2.24, 2.45) is 0 Å². The maximum Gasteiger partial charge on any atom is 0.411 e.